The van der Waals surface area contributed by atoms with E-state index in [0.29, 0.717) is 0 Å². The summed E-state index contributed by atoms with van der Waals surface area (Å²) in [4.78, 5) is 4.33. The third-order valence-electron chi connectivity index (χ3n) is 3.17. The van der Waals surface area contributed by atoms with Crippen LogP contribution in [-0.2, 0) is 0 Å². The van der Waals surface area contributed by atoms with Gasteiger partial charge in [-0.2, -0.15) is 0 Å². The van der Waals surface area contributed by atoms with Gasteiger partial charge in [-0.3, -0.25) is 10.8 Å². The van der Waals surface area contributed by atoms with Crippen molar-refractivity contribution >= 4 is 0 Å². The molecule has 0 aliphatic heterocycles. The van der Waals surface area contributed by atoms with Crippen LogP contribution in [0.2, 0.25) is 0 Å². The van der Waals surface area contributed by atoms with Crippen molar-refractivity contribution in [3.8, 4) is 0 Å². The molecule has 1 aromatic heterocycles. The lowest BCUT2D eigenvalue weighted by Gasteiger charge is -2.19. The summed E-state index contributed by atoms with van der Waals surface area (Å²) in [6, 6.07) is 10.4. The van der Waals surface area contributed by atoms with Crippen molar-refractivity contribution in [3.05, 3.63) is 64.5 Å². The number of nitrogens with one attached hydrogen (secondary N) is 1. The molecule has 0 aliphatic rings. The topological polar surface area (TPSA) is 50.9 Å². The minimum Gasteiger partial charge on any atom is -0.271 e. The summed E-state index contributed by atoms with van der Waals surface area (Å²) in [5.74, 6) is 5.70. The maximum atomic E-state index is 5.70. The summed E-state index contributed by atoms with van der Waals surface area (Å²) >= 11 is 0. The van der Waals surface area contributed by atoms with Crippen LogP contribution in [0, 0.1) is 20.8 Å². The second-order valence-corrected chi connectivity index (χ2v) is 4.69. The molecule has 2 rings (SSSR count). The van der Waals surface area contributed by atoms with E-state index in [2.05, 4.69) is 48.5 Å². The van der Waals surface area contributed by atoms with Crippen molar-refractivity contribution in [1.82, 2.24) is 10.4 Å². The van der Waals surface area contributed by atoms with Crippen molar-refractivity contribution < 1.29 is 0 Å². The average Bonchev–Trinajstić information content (AvgIpc) is 2.35. The molecule has 0 fully saturated rings. The highest BCUT2D eigenvalue weighted by Gasteiger charge is 2.14. The van der Waals surface area contributed by atoms with Crippen LogP contribution in [0.1, 0.15) is 34.0 Å². The van der Waals surface area contributed by atoms with Gasteiger partial charge in [-0.25, -0.2) is 5.43 Å². The maximum Gasteiger partial charge on any atom is 0.0727 e. The lowest BCUT2D eigenvalue weighted by molar-refractivity contribution is 0.631. The molecule has 3 nitrogen and oxygen atoms in total. The van der Waals surface area contributed by atoms with Gasteiger partial charge in [-0.15, -0.1) is 0 Å². The Bertz CT molecular complexity index is 532. The van der Waals surface area contributed by atoms with Crippen molar-refractivity contribution in [2.24, 2.45) is 5.84 Å². The van der Waals surface area contributed by atoms with Gasteiger partial charge in [0.25, 0.3) is 0 Å². The molecule has 3 N–H and O–H groups in total. The molecule has 0 saturated heterocycles. The van der Waals surface area contributed by atoms with Crippen LogP contribution in [0.25, 0.3) is 0 Å². The van der Waals surface area contributed by atoms with Crippen molar-refractivity contribution in [1.29, 1.82) is 0 Å². The van der Waals surface area contributed by atoms with Crippen LogP contribution >= 0.6 is 0 Å². The summed E-state index contributed by atoms with van der Waals surface area (Å²) in [6.45, 7) is 6.18. The monoisotopic (exact) mass is 241 g/mol. The van der Waals surface area contributed by atoms with Gasteiger partial charge in [0, 0.05) is 11.9 Å². The molecule has 0 aliphatic carbocycles. The lowest BCUT2D eigenvalue weighted by Crippen LogP contribution is -2.29. The molecule has 0 spiro atoms. The minimum absolute atomic E-state index is 0.0151. The summed E-state index contributed by atoms with van der Waals surface area (Å²) < 4.78 is 0. The first-order valence-electron chi connectivity index (χ1n) is 6.07. The predicted molar refractivity (Wildman–Crippen MR) is 74.1 cm³/mol. The first-order valence-corrected chi connectivity index (χ1v) is 6.07. The summed E-state index contributed by atoms with van der Waals surface area (Å²) in [6.07, 6.45) is 1.87. The number of hydrogen-bond donors (Lipinski definition) is 2. The molecule has 0 radical (unpaired) electrons. The number of pyridine rings is 1. The number of aromatic nitrogens is 1. The van der Waals surface area contributed by atoms with E-state index in [0.717, 1.165) is 11.3 Å². The second kappa shape index (κ2) is 5.29. The van der Waals surface area contributed by atoms with Gasteiger partial charge in [0.05, 0.1) is 6.04 Å². The molecule has 1 heterocycles. The quantitative estimate of drug-likeness (QED) is 0.641. The molecule has 0 saturated carbocycles. The van der Waals surface area contributed by atoms with Crippen molar-refractivity contribution in [2.75, 3.05) is 0 Å². The molecule has 94 valence electrons. The van der Waals surface area contributed by atoms with E-state index in [1.54, 1.807) is 0 Å². The molecule has 0 bridgehead atoms. The molecule has 1 aromatic carbocycles. The fourth-order valence-electron chi connectivity index (χ4n) is 2.17. The lowest BCUT2D eigenvalue weighted by atomic mass is 9.95. The zero-order valence-corrected chi connectivity index (χ0v) is 11.1. The van der Waals surface area contributed by atoms with Gasteiger partial charge in [0.2, 0.25) is 0 Å². The van der Waals surface area contributed by atoms with Crippen LogP contribution < -0.4 is 11.3 Å². The molecular weight excluding hydrogens is 222 g/mol. The SMILES string of the molecule is Cc1ccc(C(NN)c2ccc(C)nc2)c(C)c1. The Morgan fingerprint density at radius 2 is 1.89 bits per heavy atom. The minimum atomic E-state index is -0.0151. The van der Waals surface area contributed by atoms with E-state index in [-0.39, 0.29) is 6.04 Å². The average molecular weight is 241 g/mol. The molecule has 0 amide bonds. The smallest absolute Gasteiger partial charge is 0.0727 e. The standard InChI is InChI=1S/C15H19N3/c1-10-4-7-14(11(2)8-10)15(18-16)13-6-5-12(3)17-9-13/h4-9,15,18H,16H2,1-3H3. The highest BCUT2D eigenvalue weighted by Crippen LogP contribution is 2.24. The van der Waals surface area contributed by atoms with Crippen LogP contribution in [-0.4, -0.2) is 4.98 Å². The van der Waals surface area contributed by atoms with Crippen molar-refractivity contribution in [3.63, 3.8) is 0 Å². The number of aryl methyl sites for hydroxylation is 3. The van der Waals surface area contributed by atoms with E-state index >= 15 is 0 Å². The normalized spacial score (nSPS) is 12.4. The number of benzene rings is 1. The Morgan fingerprint density at radius 1 is 1.11 bits per heavy atom. The van der Waals surface area contributed by atoms with E-state index in [1.165, 1.54) is 16.7 Å². The Labute approximate surface area is 108 Å². The van der Waals surface area contributed by atoms with Gasteiger partial charge >= 0.3 is 0 Å². The van der Waals surface area contributed by atoms with E-state index in [1.807, 2.05) is 19.2 Å². The van der Waals surface area contributed by atoms with Gasteiger partial charge < -0.3 is 0 Å². The van der Waals surface area contributed by atoms with E-state index in [9.17, 15) is 0 Å². The molecule has 1 atom stereocenters. The third kappa shape index (κ3) is 2.58. The molecule has 2 aromatic rings. The first kappa shape index (κ1) is 12.7. The van der Waals surface area contributed by atoms with Gasteiger partial charge in [0.15, 0.2) is 0 Å². The summed E-state index contributed by atoms with van der Waals surface area (Å²) in [7, 11) is 0. The Hall–Kier alpha value is -1.71. The maximum absolute atomic E-state index is 5.70. The second-order valence-electron chi connectivity index (χ2n) is 4.69. The van der Waals surface area contributed by atoms with E-state index < -0.39 is 0 Å². The Morgan fingerprint density at radius 3 is 2.44 bits per heavy atom. The zero-order chi connectivity index (χ0) is 13.1. The molecule has 3 heteroatoms. The van der Waals surface area contributed by atoms with Gasteiger partial charge in [-0.1, -0.05) is 29.8 Å². The summed E-state index contributed by atoms with van der Waals surface area (Å²) in [5.41, 5.74) is 8.64. The number of hydrogen-bond acceptors (Lipinski definition) is 3. The van der Waals surface area contributed by atoms with Gasteiger partial charge in [-0.05, 0) is 43.5 Å². The zero-order valence-electron chi connectivity index (χ0n) is 11.1. The largest absolute Gasteiger partial charge is 0.271 e. The number of hydrazine groups is 1. The van der Waals surface area contributed by atoms with Crippen LogP contribution in [0.4, 0.5) is 0 Å². The highest BCUT2D eigenvalue weighted by molar-refractivity contribution is 5.38. The number of rotatable bonds is 3. The highest BCUT2D eigenvalue weighted by atomic mass is 15.2. The molecule has 18 heavy (non-hydrogen) atoms. The van der Waals surface area contributed by atoms with Crippen LogP contribution in [0.3, 0.4) is 0 Å². The molecule has 1 unspecified atom stereocenters. The Kier molecular flexibility index (Phi) is 3.75. The number of nitrogens with two attached hydrogens (primary N) is 1. The number of nitrogens with zero attached hydrogens (tertiary/aromatic N) is 1. The predicted octanol–water partition coefficient (Wildman–Crippen LogP) is 2.56. The van der Waals surface area contributed by atoms with Crippen molar-refractivity contribution in [2.45, 2.75) is 26.8 Å². The fraction of sp³-hybridized carbons (Fsp3) is 0.267. The van der Waals surface area contributed by atoms with Crippen LogP contribution in [0.5, 0.6) is 0 Å². The third-order valence-corrected chi connectivity index (χ3v) is 3.17. The van der Waals surface area contributed by atoms with Crippen LogP contribution in [0.15, 0.2) is 36.5 Å². The first-order chi connectivity index (χ1) is 8.61. The van der Waals surface area contributed by atoms with Gasteiger partial charge in [0.1, 0.15) is 0 Å². The molecular formula is C15H19N3. The summed E-state index contributed by atoms with van der Waals surface area (Å²) in [5, 5.41) is 0. The Balaban J connectivity index is 2.41. The fourth-order valence-corrected chi connectivity index (χ4v) is 2.17. The van der Waals surface area contributed by atoms with E-state index in [4.69, 9.17) is 5.84 Å².